The summed E-state index contributed by atoms with van der Waals surface area (Å²) in [7, 11) is 0. The number of nitrogens with zero attached hydrogens (tertiary/aromatic N) is 1. The maximum atomic E-state index is 11.7. The van der Waals surface area contributed by atoms with Crippen LogP contribution in [0.5, 0.6) is 0 Å². The highest BCUT2D eigenvalue weighted by molar-refractivity contribution is 8.24. The van der Waals surface area contributed by atoms with E-state index in [0.29, 0.717) is 10.7 Å². The fourth-order valence-corrected chi connectivity index (χ4v) is 2.91. The Balaban J connectivity index is 2.50. The number of thioether (sulfide) groups is 1. The minimum Gasteiger partial charge on any atom is -0.481 e. The molecule has 1 aliphatic rings. The molecule has 94 valence electrons. The minimum atomic E-state index is -1.05. The van der Waals surface area contributed by atoms with Gasteiger partial charge in [0.15, 0.2) is 0 Å². The molecule has 1 fully saturated rings. The summed E-state index contributed by atoms with van der Waals surface area (Å²) in [6.45, 7) is 0.229. The molecule has 0 radical (unpaired) electrons. The van der Waals surface area contributed by atoms with Gasteiger partial charge in [0, 0.05) is 13.0 Å². The van der Waals surface area contributed by atoms with Crippen LogP contribution < -0.4 is 0 Å². The van der Waals surface area contributed by atoms with Gasteiger partial charge in [-0.1, -0.05) is 24.0 Å². The molecule has 0 aromatic carbocycles. The van der Waals surface area contributed by atoms with E-state index in [-0.39, 0.29) is 25.3 Å². The van der Waals surface area contributed by atoms with Crippen LogP contribution in [0.25, 0.3) is 0 Å². The Morgan fingerprint density at radius 3 is 2.53 bits per heavy atom. The third kappa shape index (κ3) is 3.97. The van der Waals surface area contributed by atoms with Crippen LogP contribution in [-0.4, -0.2) is 49.1 Å². The number of carboxylic acids is 2. The molecule has 0 saturated carbocycles. The number of carbonyl (C=O) groups excluding carboxylic acids is 1. The van der Waals surface area contributed by atoms with E-state index in [2.05, 4.69) is 0 Å². The molecular weight excluding hydrogens is 266 g/mol. The van der Waals surface area contributed by atoms with E-state index < -0.39 is 17.2 Å². The second-order valence-electron chi connectivity index (χ2n) is 3.46. The lowest BCUT2D eigenvalue weighted by atomic mass is 10.2. The summed E-state index contributed by atoms with van der Waals surface area (Å²) in [5, 5.41) is 16.4. The standard InChI is InChI=1S/C9H11NO5S2/c11-6(12)2-1-3-10-8(15)5(4-7(13)14)17-9(10)16/h5H,1-4H2,(H,11,12)(H,13,14)/t5-/m1/s1. The van der Waals surface area contributed by atoms with Gasteiger partial charge in [0.25, 0.3) is 0 Å². The summed E-state index contributed by atoms with van der Waals surface area (Å²) in [6, 6.07) is 0. The maximum absolute atomic E-state index is 11.7. The van der Waals surface area contributed by atoms with Crippen molar-refractivity contribution in [3.8, 4) is 0 Å². The highest BCUT2D eigenvalue weighted by Crippen LogP contribution is 2.29. The Bertz CT molecular complexity index is 370. The van der Waals surface area contributed by atoms with E-state index in [0.717, 1.165) is 11.8 Å². The fourth-order valence-electron chi connectivity index (χ4n) is 1.38. The third-order valence-corrected chi connectivity index (χ3v) is 3.72. The smallest absolute Gasteiger partial charge is 0.305 e. The van der Waals surface area contributed by atoms with Gasteiger partial charge in [-0.3, -0.25) is 19.3 Å². The second kappa shape index (κ2) is 5.97. The van der Waals surface area contributed by atoms with Gasteiger partial charge >= 0.3 is 11.9 Å². The highest BCUT2D eigenvalue weighted by Gasteiger charge is 2.37. The van der Waals surface area contributed by atoms with Crippen molar-refractivity contribution in [3.63, 3.8) is 0 Å². The number of carbonyl (C=O) groups is 3. The van der Waals surface area contributed by atoms with E-state index in [1.165, 1.54) is 4.90 Å². The second-order valence-corrected chi connectivity index (χ2v) is 5.29. The van der Waals surface area contributed by atoms with Crippen LogP contribution in [0.1, 0.15) is 19.3 Å². The van der Waals surface area contributed by atoms with Crippen LogP contribution in [0.15, 0.2) is 0 Å². The Hall–Kier alpha value is -1.15. The van der Waals surface area contributed by atoms with Gasteiger partial charge in [-0.25, -0.2) is 0 Å². The molecule has 0 aromatic rings. The molecule has 1 atom stereocenters. The molecule has 2 N–H and O–H groups in total. The van der Waals surface area contributed by atoms with Crippen molar-refractivity contribution in [2.24, 2.45) is 0 Å². The fraction of sp³-hybridized carbons (Fsp3) is 0.556. The van der Waals surface area contributed by atoms with Gasteiger partial charge in [-0.05, 0) is 6.42 Å². The van der Waals surface area contributed by atoms with Crippen LogP contribution in [0, 0.1) is 0 Å². The first-order valence-corrected chi connectivity index (χ1v) is 6.16. The molecule has 1 amide bonds. The lowest BCUT2D eigenvalue weighted by molar-refractivity contribution is -0.139. The molecular formula is C9H11NO5S2. The van der Waals surface area contributed by atoms with Crippen molar-refractivity contribution in [1.82, 2.24) is 4.90 Å². The van der Waals surface area contributed by atoms with Gasteiger partial charge in [0.05, 0.1) is 6.42 Å². The summed E-state index contributed by atoms with van der Waals surface area (Å²) in [6.07, 6.45) is 0.00128. The van der Waals surface area contributed by atoms with E-state index >= 15 is 0 Å². The van der Waals surface area contributed by atoms with E-state index in [1.54, 1.807) is 0 Å². The molecule has 0 bridgehead atoms. The molecule has 0 spiro atoms. The van der Waals surface area contributed by atoms with E-state index in [4.69, 9.17) is 22.4 Å². The van der Waals surface area contributed by atoms with Crippen LogP contribution >= 0.6 is 24.0 Å². The monoisotopic (exact) mass is 277 g/mol. The molecule has 1 rings (SSSR count). The molecule has 0 aliphatic carbocycles. The van der Waals surface area contributed by atoms with Gasteiger partial charge < -0.3 is 10.2 Å². The van der Waals surface area contributed by atoms with Crippen molar-refractivity contribution in [2.75, 3.05) is 6.54 Å². The molecule has 1 saturated heterocycles. The Kier molecular flexibility index (Phi) is 4.88. The summed E-state index contributed by atoms with van der Waals surface area (Å²) in [5.41, 5.74) is 0. The van der Waals surface area contributed by atoms with E-state index in [1.807, 2.05) is 0 Å². The number of hydrogen-bond donors (Lipinski definition) is 2. The summed E-state index contributed by atoms with van der Waals surface area (Å²) in [4.78, 5) is 33.9. The Morgan fingerprint density at radius 2 is 2.00 bits per heavy atom. The zero-order valence-electron chi connectivity index (χ0n) is 8.79. The van der Waals surface area contributed by atoms with Gasteiger partial charge in [-0.2, -0.15) is 0 Å². The third-order valence-electron chi connectivity index (χ3n) is 2.14. The minimum absolute atomic E-state index is 0.0410. The largest absolute Gasteiger partial charge is 0.481 e. The molecule has 6 nitrogen and oxygen atoms in total. The number of amides is 1. The van der Waals surface area contributed by atoms with Crippen molar-refractivity contribution < 1.29 is 24.6 Å². The predicted octanol–water partition coefficient (Wildman–Crippen LogP) is 0.555. The van der Waals surface area contributed by atoms with Crippen LogP contribution in [0.4, 0.5) is 0 Å². The van der Waals surface area contributed by atoms with Crippen molar-refractivity contribution in [3.05, 3.63) is 0 Å². The van der Waals surface area contributed by atoms with Crippen LogP contribution in [0.2, 0.25) is 0 Å². The Morgan fingerprint density at radius 1 is 1.35 bits per heavy atom. The van der Waals surface area contributed by atoms with E-state index in [9.17, 15) is 14.4 Å². The molecule has 8 heteroatoms. The maximum Gasteiger partial charge on any atom is 0.305 e. The number of thiocarbonyl (C=S) groups is 1. The Labute approximate surface area is 107 Å². The summed E-state index contributed by atoms with van der Waals surface area (Å²) in [5.74, 6) is -2.32. The molecule has 0 aromatic heterocycles. The van der Waals surface area contributed by atoms with Crippen molar-refractivity contribution in [2.45, 2.75) is 24.5 Å². The lowest BCUT2D eigenvalue weighted by Crippen LogP contribution is -2.33. The van der Waals surface area contributed by atoms with Gasteiger partial charge in [0.1, 0.15) is 9.57 Å². The lowest BCUT2D eigenvalue weighted by Gasteiger charge is -2.14. The SMILES string of the molecule is O=C(O)CCCN1C(=O)[C@@H](CC(=O)O)SC1=S. The first kappa shape index (κ1) is 13.9. The zero-order valence-corrected chi connectivity index (χ0v) is 10.4. The first-order chi connectivity index (χ1) is 7.91. The van der Waals surface area contributed by atoms with Crippen molar-refractivity contribution in [1.29, 1.82) is 0 Å². The average molecular weight is 277 g/mol. The number of hydrogen-bond acceptors (Lipinski definition) is 5. The summed E-state index contributed by atoms with van der Waals surface area (Å²) >= 11 is 6.00. The number of carboxylic acid groups (broad SMARTS) is 2. The van der Waals surface area contributed by atoms with Crippen molar-refractivity contribution >= 4 is 46.1 Å². The normalized spacial score (nSPS) is 19.8. The molecule has 17 heavy (non-hydrogen) atoms. The average Bonchev–Trinajstić information content (AvgIpc) is 2.44. The van der Waals surface area contributed by atoms with Crippen LogP contribution in [0.3, 0.4) is 0 Å². The molecule has 1 heterocycles. The number of aliphatic carboxylic acids is 2. The highest BCUT2D eigenvalue weighted by atomic mass is 32.2. The zero-order chi connectivity index (χ0) is 13.0. The van der Waals surface area contributed by atoms with Gasteiger partial charge in [0.2, 0.25) is 5.91 Å². The first-order valence-electron chi connectivity index (χ1n) is 4.87. The molecule has 1 aliphatic heterocycles. The molecule has 0 unspecified atom stereocenters. The topological polar surface area (TPSA) is 94.9 Å². The van der Waals surface area contributed by atoms with Crippen LogP contribution in [-0.2, 0) is 14.4 Å². The summed E-state index contributed by atoms with van der Waals surface area (Å²) < 4.78 is 0.326. The predicted molar refractivity (Wildman–Crippen MR) is 64.8 cm³/mol. The van der Waals surface area contributed by atoms with Gasteiger partial charge in [-0.15, -0.1) is 0 Å². The quantitative estimate of drug-likeness (QED) is 0.685. The number of rotatable bonds is 6.